The number of aryl methyl sites for hydroxylation is 1. The Kier molecular flexibility index (Phi) is 4.49. The van der Waals surface area contributed by atoms with Crippen LogP contribution in [-0.4, -0.2) is 14.8 Å². The molecule has 0 spiro atoms. The van der Waals surface area contributed by atoms with Crippen molar-refractivity contribution in [2.75, 3.05) is 0 Å². The first-order valence-electron chi connectivity index (χ1n) is 6.06. The standard InChI is InChI=1S/C13H17BrN4/c1-3-18-13(16-9-17-18)8-15-10(2)11-4-6-12(14)7-5-11/h4-7,9-10,15H,3,8H2,1-2H3. The average Bonchev–Trinajstić information content (AvgIpc) is 2.84. The van der Waals surface area contributed by atoms with Crippen LogP contribution < -0.4 is 5.32 Å². The van der Waals surface area contributed by atoms with Gasteiger partial charge in [0, 0.05) is 17.1 Å². The third-order valence-electron chi connectivity index (χ3n) is 2.93. The van der Waals surface area contributed by atoms with Crippen LogP contribution in [0.1, 0.15) is 31.3 Å². The zero-order valence-corrected chi connectivity index (χ0v) is 12.2. The minimum Gasteiger partial charge on any atom is -0.303 e. The van der Waals surface area contributed by atoms with Crippen molar-refractivity contribution in [2.24, 2.45) is 0 Å². The van der Waals surface area contributed by atoms with Crippen LogP contribution in [0.4, 0.5) is 0 Å². The van der Waals surface area contributed by atoms with Gasteiger partial charge in [-0.3, -0.25) is 0 Å². The summed E-state index contributed by atoms with van der Waals surface area (Å²) in [7, 11) is 0. The first kappa shape index (κ1) is 13.2. The summed E-state index contributed by atoms with van der Waals surface area (Å²) >= 11 is 3.44. The van der Waals surface area contributed by atoms with E-state index in [2.05, 4.69) is 69.4 Å². The smallest absolute Gasteiger partial charge is 0.140 e. The average molecular weight is 309 g/mol. The number of nitrogens with one attached hydrogen (secondary N) is 1. The van der Waals surface area contributed by atoms with Gasteiger partial charge in [-0.05, 0) is 31.5 Å². The third kappa shape index (κ3) is 3.17. The Morgan fingerprint density at radius 3 is 2.72 bits per heavy atom. The molecule has 1 atom stereocenters. The van der Waals surface area contributed by atoms with Crippen molar-refractivity contribution in [3.8, 4) is 0 Å². The molecule has 0 aliphatic heterocycles. The van der Waals surface area contributed by atoms with Crippen molar-refractivity contribution < 1.29 is 0 Å². The predicted molar refractivity (Wildman–Crippen MR) is 75.1 cm³/mol. The van der Waals surface area contributed by atoms with Gasteiger partial charge in [-0.1, -0.05) is 28.1 Å². The van der Waals surface area contributed by atoms with Crippen molar-refractivity contribution in [1.29, 1.82) is 0 Å². The Bertz CT molecular complexity index is 492. The molecule has 0 saturated heterocycles. The van der Waals surface area contributed by atoms with Crippen molar-refractivity contribution >= 4 is 15.9 Å². The van der Waals surface area contributed by atoms with Crippen LogP contribution in [0.2, 0.25) is 0 Å². The maximum absolute atomic E-state index is 4.25. The Balaban J connectivity index is 1.96. The highest BCUT2D eigenvalue weighted by Gasteiger charge is 2.07. The van der Waals surface area contributed by atoms with Gasteiger partial charge < -0.3 is 5.32 Å². The molecule has 2 rings (SSSR count). The number of benzene rings is 1. The molecule has 0 saturated carbocycles. The van der Waals surface area contributed by atoms with Crippen LogP contribution in [0.25, 0.3) is 0 Å². The molecule has 0 aliphatic rings. The van der Waals surface area contributed by atoms with E-state index in [9.17, 15) is 0 Å². The van der Waals surface area contributed by atoms with E-state index in [-0.39, 0.29) is 0 Å². The molecule has 1 heterocycles. The monoisotopic (exact) mass is 308 g/mol. The van der Waals surface area contributed by atoms with E-state index in [0.717, 1.165) is 23.4 Å². The van der Waals surface area contributed by atoms with E-state index in [1.165, 1.54) is 5.56 Å². The van der Waals surface area contributed by atoms with Gasteiger partial charge in [-0.25, -0.2) is 9.67 Å². The third-order valence-corrected chi connectivity index (χ3v) is 3.46. The van der Waals surface area contributed by atoms with Crippen LogP contribution in [0.3, 0.4) is 0 Å². The number of aromatic nitrogens is 3. The fourth-order valence-electron chi connectivity index (χ4n) is 1.80. The van der Waals surface area contributed by atoms with Crippen LogP contribution >= 0.6 is 15.9 Å². The molecule has 1 unspecified atom stereocenters. The lowest BCUT2D eigenvalue weighted by molar-refractivity contribution is 0.523. The number of hydrogen-bond donors (Lipinski definition) is 1. The van der Waals surface area contributed by atoms with Crippen LogP contribution in [0.15, 0.2) is 35.1 Å². The molecule has 0 aliphatic carbocycles. The van der Waals surface area contributed by atoms with Crippen LogP contribution in [0.5, 0.6) is 0 Å². The molecule has 4 nitrogen and oxygen atoms in total. The van der Waals surface area contributed by atoms with E-state index in [1.54, 1.807) is 6.33 Å². The van der Waals surface area contributed by atoms with E-state index in [0.29, 0.717) is 6.04 Å². The molecule has 1 N–H and O–H groups in total. The van der Waals surface area contributed by atoms with Gasteiger partial charge >= 0.3 is 0 Å². The van der Waals surface area contributed by atoms with Gasteiger partial charge in [0.25, 0.3) is 0 Å². The molecule has 0 fully saturated rings. The van der Waals surface area contributed by atoms with Gasteiger partial charge in [0.1, 0.15) is 12.2 Å². The lowest BCUT2D eigenvalue weighted by Gasteiger charge is -2.14. The molecule has 18 heavy (non-hydrogen) atoms. The highest BCUT2D eigenvalue weighted by molar-refractivity contribution is 9.10. The summed E-state index contributed by atoms with van der Waals surface area (Å²) in [5.74, 6) is 0.974. The van der Waals surface area contributed by atoms with Gasteiger partial charge in [0.05, 0.1) is 6.54 Å². The second-order valence-corrected chi connectivity index (χ2v) is 5.06. The molecule has 1 aromatic heterocycles. The molecular weight excluding hydrogens is 292 g/mol. The summed E-state index contributed by atoms with van der Waals surface area (Å²) in [6.45, 7) is 5.79. The molecule has 2 aromatic rings. The Morgan fingerprint density at radius 1 is 1.33 bits per heavy atom. The summed E-state index contributed by atoms with van der Waals surface area (Å²) < 4.78 is 3.01. The SMILES string of the molecule is CCn1ncnc1CNC(C)c1ccc(Br)cc1. The van der Waals surface area contributed by atoms with Crippen molar-refractivity contribution in [1.82, 2.24) is 20.1 Å². The topological polar surface area (TPSA) is 42.7 Å². The maximum atomic E-state index is 4.25. The fraction of sp³-hybridized carbons (Fsp3) is 0.385. The maximum Gasteiger partial charge on any atom is 0.140 e. The summed E-state index contributed by atoms with van der Waals surface area (Å²) in [6.07, 6.45) is 1.60. The minimum absolute atomic E-state index is 0.292. The normalized spacial score (nSPS) is 12.6. The van der Waals surface area contributed by atoms with Crippen LogP contribution in [-0.2, 0) is 13.1 Å². The zero-order valence-electron chi connectivity index (χ0n) is 10.6. The van der Waals surface area contributed by atoms with Gasteiger partial charge in [-0.15, -0.1) is 0 Å². The first-order chi connectivity index (χ1) is 8.70. The summed E-state index contributed by atoms with van der Waals surface area (Å²) in [4.78, 5) is 4.25. The van der Waals surface area contributed by atoms with Gasteiger partial charge in [0.15, 0.2) is 0 Å². The minimum atomic E-state index is 0.292. The zero-order chi connectivity index (χ0) is 13.0. The van der Waals surface area contributed by atoms with E-state index in [4.69, 9.17) is 0 Å². The van der Waals surface area contributed by atoms with E-state index in [1.807, 2.05) is 4.68 Å². The van der Waals surface area contributed by atoms with Crippen LogP contribution in [0, 0.1) is 0 Å². The first-order valence-corrected chi connectivity index (χ1v) is 6.85. The Morgan fingerprint density at radius 2 is 2.06 bits per heavy atom. The van der Waals surface area contributed by atoms with Crippen molar-refractivity contribution in [3.63, 3.8) is 0 Å². The molecule has 1 aromatic carbocycles. The summed E-state index contributed by atoms with van der Waals surface area (Å²) in [6, 6.07) is 8.64. The highest BCUT2D eigenvalue weighted by Crippen LogP contribution is 2.16. The summed E-state index contributed by atoms with van der Waals surface area (Å²) in [5.41, 5.74) is 1.26. The van der Waals surface area contributed by atoms with Crippen molar-refractivity contribution in [2.45, 2.75) is 33.0 Å². The number of hydrogen-bond acceptors (Lipinski definition) is 3. The number of halogens is 1. The molecular formula is C13H17BrN4. The molecule has 5 heteroatoms. The lowest BCUT2D eigenvalue weighted by atomic mass is 10.1. The number of rotatable bonds is 5. The second-order valence-electron chi connectivity index (χ2n) is 4.15. The molecule has 0 bridgehead atoms. The molecule has 0 amide bonds. The largest absolute Gasteiger partial charge is 0.303 e. The summed E-state index contributed by atoms with van der Waals surface area (Å²) in [5, 5.41) is 7.61. The van der Waals surface area contributed by atoms with Gasteiger partial charge in [0.2, 0.25) is 0 Å². The van der Waals surface area contributed by atoms with E-state index < -0.39 is 0 Å². The predicted octanol–water partition coefficient (Wildman–Crippen LogP) is 2.91. The van der Waals surface area contributed by atoms with Gasteiger partial charge in [-0.2, -0.15) is 5.10 Å². The fourth-order valence-corrected chi connectivity index (χ4v) is 2.07. The Labute approximate surface area is 116 Å². The number of nitrogens with zero attached hydrogens (tertiary/aromatic N) is 3. The quantitative estimate of drug-likeness (QED) is 0.923. The van der Waals surface area contributed by atoms with E-state index >= 15 is 0 Å². The Hall–Kier alpha value is -1.20. The lowest BCUT2D eigenvalue weighted by Crippen LogP contribution is -2.20. The molecule has 0 radical (unpaired) electrons. The highest BCUT2D eigenvalue weighted by atomic mass is 79.9. The van der Waals surface area contributed by atoms with Crippen molar-refractivity contribution in [3.05, 3.63) is 46.5 Å². The second kappa shape index (κ2) is 6.11. The molecule has 96 valence electrons.